The highest BCUT2D eigenvalue weighted by Gasteiger charge is 2.14. The minimum absolute atomic E-state index is 0.0914. The molecule has 2 rings (SSSR count). The number of hydrogen-bond acceptors (Lipinski definition) is 4. The van der Waals surface area contributed by atoms with Gasteiger partial charge < -0.3 is 5.11 Å². The van der Waals surface area contributed by atoms with E-state index in [0.717, 1.165) is 16.5 Å². The molecule has 0 aromatic carbocycles. The van der Waals surface area contributed by atoms with Crippen molar-refractivity contribution in [2.45, 2.75) is 32.6 Å². The molecule has 5 nitrogen and oxygen atoms in total. The second-order valence-corrected chi connectivity index (χ2v) is 4.78. The lowest BCUT2D eigenvalue weighted by molar-refractivity contribution is -0.137. The summed E-state index contributed by atoms with van der Waals surface area (Å²) < 4.78 is 1.97. The molecule has 0 saturated carbocycles. The largest absolute Gasteiger partial charge is 0.481 e. The summed E-state index contributed by atoms with van der Waals surface area (Å²) in [5.74, 6) is 0.314. The van der Waals surface area contributed by atoms with Crippen LogP contribution < -0.4 is 0 Å². The van der Waals surface area contributed by atoms with Gasteiger partial charge in [0.25, 0.3) is 0 Å². The van der Waals surface area contributed by atoms with Crippen LogP contribution in [0.1, 0.15) is 37.7 Å². The maximum absolute atomic E-state index is 10.5. The van der Waals surface area contributed by atoms with E-state index >= 15 is 0 Å². The standard InChI is InChI=1S/C10H13N3O2S/c1-6(2)7-5-16-10-12-11-8(13(7)10)3-4-9(14)15/h5-6H,3-4H2,1-2H3,(H,14,15). The quantitative estimate of drug-likeness (QED) is 0.885. The first-order valence-electron chi connectivity index (χ1n) is 5.12. The van der Waals surface area contributed by atoms with E-state index in [2.05, 4.69) is 29.4 Å². The van der Waals surface area contributed by atoms with Crippen molar-refractivity contribution in [2.75, 3.05) is 0 Å². The van der Waals surface area contributed by atoms with Gasteiger partial charge in [-0.2, -0.15) is 0 Å². The number of thiazole rings is 1. The summed E-state index contributed by atoms with van der Waals surface area (Å²) in [5.41, 5.74) is 1.14. The zero-order valence-electron chi connectivity index (χ0n) is 9.17. The third-order valence-corrected chi connectivity index (χ3v) is 3.23. The first-order chi connectivity index (χ1) is 7.59. The summed E-state index contributed by atoms with van der Waals surface area (Å²) in [5, 5.41) is 18.8. The highest BCUT2D eigenvalue weighted by atomic mass is 32.1. The number of hydrogen-bond donors (Lipinski definition) is 1. The van der Waals surface area contributed by atoms with Gasteiger partial charge in [-0.15, -0.1) is 21.5 Å². The second kappa shape index (κ2) is 4.21. The van der Waals surface area contributed by atoms with Crippen LogP contribution in [0.15, 0.2) is 5.38 Å². The van der Waals surface area contributed by atoms with Crippen molar-refractivity contribution in [1.29, 1.82) is 0 Å². The molecule has 2 aromatic heterocycles. The van der Waals surface area contributed by atoms with Crippen LogP contribution in [-0.4, -0.2) is 25.7 Å². The van der Waals surface area contributed by atoms with E-state index in [9.17, 15) is 4.79 Å². The van der Waals surface area contributed by atoms with Crippen LogP contribution in [0, 0.1) is 0 Å². The molecule has 16 heavy (non-hydrogen) atoms. The van der Waals surface area contributed by atoms with E-state index in [4.69, 9.17) is 5.11 Å². The zero-order valence-corrected chi connectivity index (χ0v) is 9.99. The Bertz CT molecular complexity index is 515. The average Bonchev–Trinajstić information content (AvgIpc) is 2.74. The Labute approximate surface area is 96.7 Å². The summed E-state index contributed by atoms with van der Waals surface area (Å²) in [4.78, 5) is 11.4. The normalized spacial score (nSPS) is 11.4. The Morgan fingerprint density at radius 1 is 1.56 bits per heavy atom. The van der Waals surface area contributed by atoms with Crippen molar-refractivity contribution in [3.63, 3.8) is 0 Å². The predicted molar refractivity (Wildman–Crippen MR) is 60.9 cm³/mol. The van der Waals surface area contributed by atoms with Crippen molar-refractivity contribution < 1.29 is 9.90 Å². The third kappa shape index (κ3) is 1.92. The van der Waals surface area contributed by atoms with Crippen molar-refractivity contribution in [2.24, 2.45) is 0 Å². The summed E-state index contributed by atoms with van der Waals surface area (Å²) in [7, 11) is 0. The lowest BCUT2D eigenvalue weighted by atomic mass is 10.1. The minimum atomic E-state index is -0.807. The van der Waals surface area contributed by atoms with Crippen molar-refractivity contribution in [3.05, 3.63) is 16.9 Å². The van der Waals surface area contributed by atoms with Gasteiger partial charge in [0.2, 0.25) is 4.96 Å². The first kappa shape index (κ1) is 11.1. The van der Waals surface area contributed by atoms with Crippen LogP contribution >= 0.6 is 11.3 Å². The van der Waals surface area contributed by atoms with Crippen LogP contribution in [0.2, 0.25) is 0 Å². The minimum Gasteiger partial charge on any atom is -0.481 e. The number of aryl methyl sites for hydroxylation is 1. The van der Waals surface area contributed by atoms with E-state index in [-0.39, 0.29) is 6.42 Å². The highest BCUT2D eigenvalue weighted by molar-refractivity contribution is 7.15. The number of rotatable bonds is 4. The topological polar surface area (TPSA) is 67.5 Å². The molecule has 0 aliphatic carbocycles. The lowest BCUT2D eigenvalue weighted by Gasteiger charge is -2.04. The Morgan fingerprint density at radius 3 is 2.94 bits per heavy atom. The summed E-state index contributed by atoms with van der Waals surface area (Å²) >= 11 is 1.54. The fraction of sp³-hybridized carbons (Fsp3) is 0.500. The van der Waals surface area contributed by atoms with Gasteiger partial charge in [0.05, 0.1) is 6.42 Å². The molecule has 0 fully saturated rings. The number of fused-ring (bicyclic) bond motifs is 1. The SMILES string of the molecule is CC(C)c1csc2nnc(CCC(=O)O)n12. The van der Waals surface area contributed by atoms with Gasteiger partial charge >= 0.3 is 5.97 Å². The molecule has 0 amide bonds. The average molecular weight is 239 g/mol. The van der Waals surface area contributed by atoms with E-state index in [0.29, 0.717) is 12.3 Å². The Hall–Kier alpha value is -1.43. The maximum Gasteiger partial charge on any atom is 0.303 e. The molecule has 0 unspecified atom stereocenters. The molecular weight excluding hydrogens is 226 g/mol. The van der Waals surface area contributed by atoms with Crippen molar-refractivity contribution in [3.8, 4) is 0 Å². The number of nitrogens with zero attached hydrogens (tertiary/aromatic N) is 3. The Kier molecular flexibility index (Phi) is 2.91. The monoisotopic (exact) mass is 239 g/mol. The van der Waals surface area contributed by atoms with Gasteiger partial charge in [-0.25, -0.2) is 0 Å². The molecule has 1 N–H and O–H groups in total. The number of aromatic nitrogens is 3. The fourth-order valence-electron chi connectivity index (χ4n) is 1.58. The number of aliphatic carboxylic acids is 1. The van der Waals surface area contributed by atoms with E-state index < -0.39 is 5.97 Å². The molecule has 86 valence electrons. The van der Waals surface area contributed by atoms with E-state index in [1.54, 1.807) is 0 Å². The Balaban J connectivity index is 2.37. The molecule has 0 aliphatic rings. The molecule has 0 atom stereocenters. The molecule has 0 spiro atoms. The molecule has 0 saturated heterocycles. The van der Waals surface area contributed by atoms with Crippen LogP contribution in [0.4, 0.5) is 0 Å². The molecule has 6 heteroatoms. The molecular formula is C10H13N3O2S. The number of carboxylic acid groups (broad SMARTS) is 1. The van der Waals surface area contributed by atoms with E-state index in [1.165, 1.54) is 11.3 Å². The van der Waals surface area contributed by atoms with Gasteiger partial charge in [-0.05, 0) is 5.92 Å². The van der Waals surface area contributed by atoms with Crippen molar-refractivity contribution >= 4 is 22.3 Å². The maximum atomic E-state index is 10.5. The van der Waals surface area contributed by atoms with Gasteiger partial charge in [0.1, 0.15) is 5.82 Å². The Morgan fingerprint density at radius 2 is 2.31 bits per heavy atom. The van der Waals surface area contributed by atoms with Gasteiger partial charge in [-0.3, -0.25) is 9.20 Å². The highest BCUT2D eigenvalue weighted by Crippen LogP contribution is 2.23. The molecule has 2 heterocycles. The van der Waals surface area contributed by atoms with Crippen LogP contribution in [0.25, 0.3) is 4.96 Å². The molecule has 0 bridgehead atoms. The third-order valence-electron chi connectivity index (χ3n) is 2.40. The van der Waals surface area contributed by atoms with E-state index in [1.807, 2.05) is 4.40 Å². The lowest BCUT2D eigenvalue weighted by Crippen LogP contribution is -2.03. The second-order valence-electron chi connectivity index (χ2n) is 3.94. The van der Waals surface area contributed by atoms with Crippen molar-refractivity contribution in [1.82, 2.24) is 14.6 Å². The smallest absolute Gasteiger partial charge is 0.303 e. The number of carbonyl (C=O) groups is 1. The van der Waals surface area contributed by atoms with Crippen LogP contribution in [0.3, 0.4) is 0 Å². The molecule has 2 aromatic rings. The van der Waals surface area contributed by atoms with Gasteiger partial charge in [-0.1, -0.05) is 13.8 Å². The zero-order chi connectivity index (χ0) is 11.7. The predicted octanol–water partition coefficient (Wildman–Crippen LogP) is 1.93. The first-order valence-corrected chi connectivity index (χ1v) is 6.00. The summed E-state index contributed by atoms with van der Waals surface area (Å²) in [6, 6.07) is 0. The summed E-state index contributed by atoms with van der Waals surface area (Å²) in [6.07, 6.45) is 0.515. The van der Waals surface area contributed by atoms with Crippen LogP contribution in [0.5, 0.6) is 0 Å². The number of carboxylic acids is 1. The summed E-state index contributed by atoms with van der Waals surface area (Å²) in [6.45, 7) is 4.20. The molecule has 0 radical (unpaired) electrons. The molecule has 0 aliphatic heterocycles. The van der Waals surface area contributed by atoms with Crippen LogP contribution in [-0.2, 0) is 11.2 Å². The fourth-order valence-corrected chi connectivity index (χ4v) is 2.58. The van der Waals surface area contributed by atoms with Gasteiger partial charge in [0, 0.05) is 17.5 Å². The van der Waals surface area contributed by atoms with Gasteiger partial charge in [0.15, 0.2) is 0 Å².